The minimum Gasteiger partial charge on any atom is -0.479 e. The summed E-state index contributed by atoms with van der Waals surface area (Å²) in [7, 11) is 5.66. The third-order valence-corrected chi connectivity index (χ3v) is 2.79. The van der Waals surface area contributed by atoms with E-state index in [0.29, 0.717) is 17.6 Å². The van der Waals surface area contributed by atoms with Crippen LogP contribution in [-0.4, -0.2) is 55.2 Å². The third-order valence-electron chi connectivity index (χ3n) is 2.79. The van der Waals surface area contributed by atoms with Crippen LogP contribution >= 0.6 is 0 Å². The molecule has 1 rings (SSSR count). The maximum absolute atomic E-state index is 6.03. The first-order valence-electron chi connectivity index (χ1n) is 6.07. The van der Waals surface area contributed by atoms with Crippen LogP contribution in [0.5, 0.6) is 5.88 Å². The Morgan fingerprint density at radius 2 is 2.06 bits per heavy atom. The van der Waals surface area contributed by atoms with Gasteiger partial charge in [-0.2, -0.15) is 4.98 Å². The second kappa shape index (κ2) is 6.39. The number of rotatable bonds is 6. The van der Waals surface area contributed by atoms with Crippen molar-refractivity contribution in [2.75, 3.05) is 44.9 Å². The molecule has 2 N–H and O–H groups in total. The van der Waals surface area contributed by atoms with E-state index < -0.39 is 0 Å². The molecule has 1 aromatic heterocycles. The van der Waals surface area contributed by atoms with Crippen molar-refractivity contribution in [3.63, 3.8) is 0 Å². The monoisotopic (exact) mass is 253 g/mol. The highest BCUT2D eigenvalue weighted by Gasteiger charge is 2.19. The van der Waals surface area contributed by atoms with E-state index in [4.69, 9.17) is 10.5 Å². The van der Waals surface area contributed by atoms with Crippen molar-refractivity contribution in [2.24, 2.45) is 0 Å². The van der Waals surface area contributed by atoms with E-state index in [-0.39, 0.29) is 0 Å². The van der Waals surface area contributed by atoms with Gasteiger partial charge in [0.1, 0.15) is 12.0 Å². The Balaban J connectivity index is 3.01. The highest BCUT2D eigenvalue weighted by atomic mass is 16.5. The van der Waals surface area contributed by atoms with Gasteiger partial charge in [-0.15, -0.1) is 0 Å². The van der Waals surface area contributed by atoms with E-state index >= 15 is 0 Å². The number of aromatic nitrogens is 2. The van der Waals surface area contributed by atoms with Gasteiger partial charge < -0.3 is 20.3 Å². The molecular weight excluding hydrogens is 230 g/mol. The van der Waals surface area contributed by atoms with E-state index in [1.165, 1.54) is 6.33 Å². The molecule has 1 atom stereocenters. The van der Waals surface area contributed by atoms with E-state index in [1.54, 1.807) is 7.11 Å². The highest BCUT2D eigenvalue weighted by molar-refractivity contribution is 5.68. The first kappa shape index (κ1) is 14.5. The number of methoxy groups -OCH3 is 1. The zero-order valence-electron chi connectivity index (χ0n) is 11.8. The molecule has 1 aromatic rings. The molecule has 102 valence electrons. The summed E-state index contributed by atoms with van der Waals surface area (Å²) in [4.78, 5) is 12.6. The number of anilines is 2. The SMILES string of the molecule is CCN(c1ncnc(OC)c1N)C(C)CN(C)C. The molecule has 0 spiro atoms. The molecule has 6 heteroatoms. The quantitative estimate of drug-likeness (QED) is 0.810. The summed E-state index contributed by atoms with van der Waals surface area (Å²) in [5.74, 6) is 1.16. The second-order valence-corrected chi connectivity index (χ2v) is 4.52. The van der Waals surface area contributed by atoms with Gasteiger partial charge in [-0.05, 0) is 27.9 Å². The summed E-state index contributed by atoms with van der Waals surface area (Å²) < 4.78 is 5.13. The average Bonchev–Trinajstić information content (AvgIpc) is 2.31. The Bertz CT molecular complexity index is 383. The molecule has 0 aliphatic carbocycles. The lowest BCUT2D eigenvalue weighted by atomic mass is 10.2. The maximum Gasteiger partial charge on any atom is 0.242 e. The van der Waals surface area contributed by atoms with Crippen LogP contribution in [0, 0.1) is 0 Å². The van der Waals surface area contributed by atoms with Crippen molar-refractivity contribution < 1.29 is 4.74 Å². The second-order valence-electron chi connectivity index (χ2n) is 4.52. The molecule has 0 radical (unpaired) electrons. The number of hydrogen-bond acceptors (Lipinski definition) is 6. The molecule has 0 aromatic carbocycles. The minimum absolute atomic E-state index is 0.312. The summed E-state index contributed by atoms with van der Waals surface area (Å²) >= 11 is 0. The lowest BCUT2D eigenvalue weighted by Gasteiger charge is -2.31. The van der Waals surface area contributed by atoms with Crippen LogP contribution in [0.3, 0.4) is 0 Å². The summed E-state index contributed by atoms with van der Waals surface area (Å²) in [6.07, 6.45) is 1.48. The minimum atomic E-state index is 0.312. The highest BCUT2D eigenvalue weighted by Crippen LogP contribution is 2.28. The molecule has 0 amide bonds. The summed E-state index contributed by atoms with van der Waals surface area (Å²) in [5.41, 5.74) is 6.53. The van der Waals surface area contributed by atoms with Crippen LogP contribution in [0.2, 0.25) is 0 Å². The van der Waals surface area contributed by atoms with E-state index in [1.807, 2.05) is 14.1 Å². The average molecular weight is 253 g/mol. The fourth-order valence-electron chi connectivity index (χ4n) is 2.06. The predicted molar refractivity (Wildman–Crippen MR) is 74.0 cm³/mol. The molecule has 0 bridgehead atoms. The molecular formula is C12H23N5O. The smallest absolute Gasteiger partial charge is 0.242 e. The van der Waals surface area contributed by atoms with Crippen LogP contribution in [0.25, 0.3) is 0 Å². The molecule has 0 saturated carbocycles. The Hall–Kier alpha value is -1.56. The van der Waals surface area contributed by atoms with Crippen LogP contribution < -0.4 is 15.4 Å². The number of likely N-dealkylation sites (N-methyl/N-ethyl adjacent to an activating group) is 2. The fraction of sp³-hybridized carbons (Fsp3) is 0.667. The summed E-state index contributed by atoms with van der Waals surface area (Å²) in [6.45, 7) is 6.00. The van der Waals surface area contributed by atoms with Gasteiger partial charge in [0.15, 0.2) is 5.82 Å². The normalized spacial score (nSPS) is 12.6. The van der Waals surface area contributed by atoms with E-state index in [9.17, 15) is 0 Å². The van der Waals surface area contributed by atoms with Crippen LogP contribution in [-0.2, 0) is 0 Å². The predicted octanol–water partition coefficient (Wildman–Crippen LogP) is 0.844. The Morgan fingerprint density at radius 1 is 1.39 bits per heavy atom. The number of nitrogen functional groups attached to an aromatic ring is 1. The van der Waals surface area contributed by atoms with Crippen molar-refractivity contribution >= 4 is 11.5 Å². The Labute approximate surface area is 109 Å². The molecule has 1 unspecified atom stereocenters. The maximum atomic E-state index is 6.03. The van der Waals surface area contributed by atoms with Gasteiger partial charge >= 0.3 is 0 Å². The van der Waals surface area contributed by atoms with Crippen molar-refractivity contribution in [1.29, 1.82) is 0 Å². The topological polar surface area (TPSA) is 67.5 Å². The summed E-state index contributed by atoms with van der Waals surface area (Å²) in [5, 5.41) is 0. The van der Waals surface area contributed by atoms with Crippen LogP contribution in [0.4, 0.5) is 11.5 Å². The van der Waals surface area contributed by atoms with Gasteiger partial charge in [0, 0.05) is 19.1 Å². The van der Waals surface area contributed by atoms with E-state index in [2.05, 4.69) is 33.6 Å². The van der Waals surface area contributed by atoms with Crippen LogP contribution in [0.1, 0.15) is 13.8 Å². The molecule has 0 fully saturated rings. The molecule has 6 nitrogen and oxygen atoms in total. The Kier molecular flexibility index (Phi) is 5.15. The fourth-order valence-corrected chi connectivity index (χ4v) is 2.06. The van der Waals surface area contributed by atoms with Crippen molar-refractivity contribution in [1.82, 2.24) is 14.9 Å². The first-order valence-corrected chi connectivity index (χ1v) is 6.07. The van der Waals surface area contributed by atoms with Crippen LogP contribution in [0.15, 0.2) is 6.33 Å². The van der Waals surface area contributed by atoms with Crippen molar-refractivity contribution in [3.05, 3.63) is 6.33 Å². The molecule has 1 heterocycles. The zero-order valence-corrected chi connectivity index (χ0v) is 11.8. The largest absolute Gasteiger partial charge is 0.479 e. The third kappa shape index (κ3) is 3.22. The molecule has 18 heavy (non-hydrogen) atoms. The number of nitrogens with zero attached hydrogens (tertiary/aromatic N) is 4. The number of ether oxygens (including phenoxy) is 1. The molecule has 0 aliphatic rings. The standard InChI is InChI=1S/C12H23N5O/c1-6-17(9(2)7-16(3)4)11-10(13)12(18-5)15-8-14-11/h8-9H,6-7,13H2,1-5H3. The van der Waals surface area contributed by atoms with Gasteiger partial charge in [-0.25, -0.2) is 4.98 Å². The lowest BCUT2D eigenvalue weighted by Crippen LogP contribution is -2.41. The number of hydrogen-bond donors (Lipinski definition) is 1. The van der Waals surface area contributed by atoms with Gasteiger partial charge in [-0.3, -0.25) is 0 Å². The van der Waals surface area contributed by atoms with Gasteiger partial charge in [0.05, 0.1) is 7.11 Å². The number of nitrogens with two attached hydrogens (primary N) is 1. The summed E-state index contributed by atoms with van der Waals surface area (Å²) in [6, 6.07) is 0.312. The van der Waals surface area contributed by atoms with E-state index in [0.717, 1.165) is 18.9 Å². The molecule has 0 saturated heterocycles. The van der Waals surface area contributed by atoms with Gasteiger partial charge in [0.2, 0.25) is 5.88 Å². The zero-order chi connectivity index (χ0) is 13.7. The molecule has 0 aliphatic heterocycles. The van der Waals surface area contributed by atoms with Gasteiger partial charge in [0.25, 0.3) is 0 Å². The van der Waals surface area contributed by atoms with Crippen molar-refractivity contribution in [2.45, 2.75) is 19.9 Å². The van der Waals surface area contributed by atoms with Crippen molar-refractivity contribution in [3.8, 4) is 5.88 Å². The Morgan fingerprint density at radius 3 is 2.56 bits per heavy atom. The lowest BCUT2D eigenvalue weighted by molar-refractivity contribution is 0.371. The first-order chi connectivity index (χ1) is 8.51. The van der Waals surface area contributed by atoms with Gasteiger partial charge in [-0.1, -0.05) is 0 Å².